The number of aromatic nitrogens is 1. The van der Waals surface area contributed by atoms with Gasteiger partial charge in [0.25, 0.3) is 0 Å². The lowest BCUT2D eigenvalue weighted by molar-refractivity contribution is -0.954. The summed E-state index contributed by atoms with van der Waals surface area (Å²) in [6.07, 6.45) is 7.38. The molecule has 8 N–H and O–H groups in total. The van der Waals surface area contributed by atoms with E-state index in [1.807, 2.05) is 100 Å². The van der Waals surface area contributed by atoms with Crippen LogP contribution >= 0.6 is 0 Å². The van der Waals surface area contributed by atoms with Crippen molar-refractivity contribution in [2.24, 2.45) is 34.8 Å². The first-order chi connectivity index (χ1) is 47.6. The molecule has 2 bridgehead atoms. The van der Waals surface area contributed by atoms with Gasteiger partial charge in [0.1, 0.15) is 29.9 Å². The lowest BCUT2D eigenvalue weighted by Crippen LogP contribution is -2.81. The number of carbonyl (C=O) groups excluding carboxylic acids is 9. The van der Waals surface area contributed by atoms with Crippen LogP contribution in [-0.4, -0.2) is 192 Å². The minimum atomic E-state index is -2.40. The Hall–Kier alpha value is -8.19. The number of ether oxygens (including phenoxy) is 4. The molecule has 1 saturated carbocycles. The number of benzene rings is 3. The Morgan fingerprint density at radius 3 is 2.29 bits per heavy atom. The number of likely N-dealkylation sites (tertiary alicyclic amines) is 1. The number of urea groups is 1. The van der Waals surface area contributed by atoms with Crippen LogP contribution in [0.5, 0.6) is 5.75 Å². The third kappa shape index (κ3) is 12.8. The molecular weight excluding hydrogens is 1280 g/mol. The highest BCUT2D eigenvalue weighted by Gasteiger charge is 2.80. The Bertz CT molecular complexity index is 3870. The molecule has 7 heterocycles. The van der Waals surface area contributed by atoms with Gasteiger partial charge in [-0.3, -0.25) is 43.4 Å². The molecule has 24 heteroatoms. The lowest BCUT2D eigenvalue weighted by atomic mass is 9.47. The average Bonchev–Trinajstić information content (AvgIpc) is 1.46. The smallest absolute Gasteiger partial charge is 0.344 e. The maximum absolute atomic E-state index is 16.1. The van der Waals surface area contributed by atoms with Gasteiger partial charge in [-0.1, -0.05) is 83.5 Å². The molecule has 540 valence electrons. The molecule has 1 aromatic heterocycles. The fraction of sp³-hybridized carbons (Fsp3) is 0.592. The van der Waals surface area contributed by atoms with Crippen molar-refractivity contribution in [2.75, 3.05) is 84.4 Å². The molecule has 6 amide bonds. The maximum atomic E-state index is 16.1. The number of fused-ring (bicyclic) bond motifs is 6. The van der Waals surface area contributed by atoms with E-state index < -0.39 is 87.4 Å². The molecule has 7 aliphatic rings. The Labute approximate surface area is 585 Å². The van der Waals surface area contributed by atoms with Crippen LogP contribution in [0.1, 0.15) is 153 Å². The van der Waals surface area contributed by atoms with Crippen molar-refractivity contribution in [1.29, 1.82) is 0 Å². The molecule has 11 rings (SSSR count). The molecule has 0 radical (unpaired) electrons. The van der Waals surface area contributed by atoms with Gasteiger partial charge in [0.2, 0.25) is 29.2 Å². The monoisotopic (exact) mass is 1380 g/mol. The number of para-hydroxylation sites is 1. The molecule has 4 aromatic rings. The average molecular weight is 1380 g/mol. The number of amides is 6. The van der Waals surface area contributed by atoms with Gasteiger partial charge in [0, 0.05) is 139 Å². The number of nitrogens with zero attached hydrogens (tertiary/aromatic N) is 4. The van der Waals surface area contributed by atoms with Crippen molar-refractivity contribution in [3.8, 4) is 5.75 Å². The lowest BCUT2D eigenvalue weighted by Gasteiger charge is -2.63. The van der Waals surface area contributed by atoms with Crippen LogP contribution in [-0.2, 0) is 76.4 Å². The first-order valence-electron chi connectivity index (χ1n) is 35.8. The highest BCUT2D eigenvalue weighted by atomic mass is 16.6. The predicted molar refractivity (Wildman–Crippen MR) is 373 cm³/mol. The van der Waals surface area contributed by atoms with Crippen LogP contribution in [0.3, 0.4) is 0 Å². The fourth-order valence-electron chi connectivity index (χ4n) is 19.4. The maximum Gasteiger partial charge on any atom is 0.344 e. The molecule has 3 saturated heterocycles. The molecule has 3 aromatic carbocycles. The van der Waals surface area contributed by atoms with Gasteiger partial charge in [0.05, 0.1) is 46.5 Å². The SMILES string of the molecule is CC[C@]1(O)C[C@H]2C[C@](C(=O)OC)(c3cc4c(cc3OC)N(C)[C@H]3[C@@](O)(C(=O)OC)[C@H](OC(C)=O)[C@]5(CC)C=CCN6CC[C@]43[C@@H]65)c3[nH]c4ccccc4c3CC[N@@+](Cc3ccc(NC(=O)[C@H](CCCNC(N)=O)CC(=O)[C@@H](NC(=O)CCCCCN4C(=O)CC(C)C4=O)C(C)C)cc3)(C2)C1. The second-order valence-electron chi connectivity index (χ2n) is 30.1. The quantitative estimate of drug-likeness (QED) is 0.00852. The number of anilines is 2. The third-order valence-corrected chi connectivity index (χ3v) is 23.7. The number of methoxy groups -OCH3 is 3. The van der Waals surface area contributed by atoms with E-state index in [2.05, 4.69) is 38.0 Å². The number of unbranched alkanes of at least 4 members (excludes halogenated alkanes) is 2. The topological polar surface area (TPSA) is 319 Å². The zero-order valence-electron chi connectivity index (χ0n) is 59.7. The minimum Gasteiger partial charge on any atom is -0.496 e. The van der Waals surface area contributed by atoms with Crippen LogP contribution in [0, 0.1) is 29.1 Å². The summed E-state index contributed by atoms with van der Waals surface area (Å²) in [5.74, 6) is -4.95. The summed E-state index contributed by atoms with van der Waals surface area (Å²) in [5, 5.41) is 36.2. The van der Waals surface area contributed by atoms with Crippen molar-refractivity contribution >= 4 is 75.6 Å². The number of Topliss-reactive ketones (excluding diaryl/α,β-unsaturated/α-hetero) is 1. The Morgan fingerprint density at radius 1 is 0.890 bits per heavy atom. The number of piperidine rings is 1. The zero-order valence-corrected chi connectivity index (χ0v) is 59.7. The first-order valence-corrected chi connectivity index (χ1v) is 35.8. The number of quaternary nitrogens is 1. The van der Waals surface area contributed by atoms with Crippen molar-refractivity contribution in [2.45, 2.75) is 184 Å². The second kappa shape index (κ2) is 28.7. The van der Waals surface area contributed by atoms with E-state index >= 15 is 4.79 Å². The van der Waals surface area contributed by atoms with Gasteiger partial charge in [-0.2, -0.15) is 0 Å². The number of H-pyrrole nitrogens is 1. The molecule has 4 fully saturated rings. The van der Waals surface area contributed by atoms with E-state index in [0.717, 1.165) is 27.6 Å². The molecule has 1 spiro atoms. The van der Waals surface area contributed by atoms with Gasteiger partial charge < -0.3 is 65.2 Å². The van der Waals surface area contributed by atoms with Crippen LogP contribution < -0.4 is 31.3 Å². The van der Waals surface area contributed by atoms with E-state index in [0.29, 0.717) is 136 Å². The molecule has 1 aliphatic carbocycles. The molecule has 24 nitrogen and oxygen atoms in total. The summed E-state index contributed by atoms with van der Waals surface area (Å²) in [6.45, 7) is 14.3. The molecular formula is C76H102N9O15+. The number of nitrogens with two attached hydrogens (primary N) is 1. The summed E-state index contributed by atoms with van der Waals surface area (Å²) in [5.41, 5.74) is 3.83. The number of hydrogen-bond donors (Lipinski definition) is 7. The van der Waals surface area contributed by atoms with Crippen molar-refractivity contribution in [3.63, 3.8) is 0 Å². The molecule has 6 aliphatic heterocycles. The van der Waals surface area contributed by atoms with Crippen LogP contribution in [0.15, 0.2) is 72.8 Å². The number of nitrogens with one attached hydrogen (secondary N) is 4. The Morgan fingerprint density at radius 2 is 1.63 bits per heavy atom. The van der Waals surface area contributed by atoms with Gasteiger partial charge in [-0.15, -0.1) is 0 Å². The van der Waals surface area contributed by atoms with Gasteiger partial charge in [0.15, 0.2) is 11.9 Å². The molecule has 100 heavy (non-hydrogen) atoms. The number of esters is 3. The van der Waals surface area contributed by atoms with E-state index in [1.54, 1.807) is 14.0 Å². The zero-order chi connectivity index (χ0) is 72.0. The number of carbonyl (C=O) groups is 9. The Balaban J connectivity index is 0.902. The number of aliphatic hydroxyl groups is 2. The van der Waals surface area contributed by atoms with Gasteiger partial charge in [-0.25, -0.2) is 9.59 Å². The fourth-order valence-corrected chi connectivity index (χ4v) is 19.4. The summed E-state index contributed by atoms with van der Waals surface area (Å²) in [7, 11) is 6.04. The highest BCUT2D eigenvalue weighted by molar-refractivity contribution is 6.03. The number of likely N-dealkylation sites (N-methyl/N-ethyl adjacent to an activating group) is 1. The summed E-state index contributed by atoms with van der Waals surface area (Å²) < 4.78 is 24.9. The van der Waals surface area contributed by atoms with E-state index in [-0.39, 0.29) is 79.9 Å². The predicted octanol–water partition coefficient (Wildman–Crippen LogP) is 6.76. The summed E-state index contributed by atoms with van der Waals surface area (Å²) in [6, 6.07) is 16.5. The summed E-state index contributed by atoms with van der Waals surface area (Å²) >= 11 is 0. The van der Waals surface area contributed by atoms with Crippen molar-refractivity contribution < 1.29 is 76.8 Å². The minimum absolute atomic E-state index is 0.136. The normalized spacial score (nSPS) is 29.5. The van der Waals surface area contributed by atoms with Crippen molar-refractivity contribution in [3.05, 3.63) is 101 Å². The van der Waals surface area contributed by atoms with E-state index in [1.165, 1.54) is 26.0 Å². The number of rotatable bonds is 26. The van der Waals surface area contributed by atoms with Gasteiger partial charge in [-0.05, 0) is 106 Å². The number of hydrogen-bond acceptors (Lipinski definition) is 17. The van der Waals surface area contributed by atoms with Crippen molar-refractivity contribution in [1.82, 2.24) is 25.4 Å². The van der Waals surface area contributed by atoms with E-state index in [9.17, 15) is 48.6 Å². The standard InChI is InChI=1S/C76H101N9O15/c1-11-72(95)40-49-41-75(69(92)98-9,55-38-54-57(39-59(55)97-8)82(7)67-74(54)30-34-83-32-19-29-73(12-2,66(74)83)68(100-47(6)86)76(67,96)70(93)99-10)63-53(52-21-15-16-22-56(52)80-63)28-35-85(43-49,44-72)42-48-24-26-51(27-25-48)79-64(90)50(20-18-31-78-71(77)94)37-58(87)62(45(3)4)81-60(88)23-14-13-17-33-84-61(89)36-46(5)65(84)91/h15-16,19,21-22,24-27,29,38-39,45-46,49-50,62,66-68,80,95-96H,11-14,17-18,20,23,28,30-37,40-44H2,1-10H3,(H4-,77,78,79,81,88,90,94)/p+1/t46?,49-,50+,62-,66-,67+,68+,72-,73+,74+,75-,76-,85+/m0/s1. The third-order valence-electron chi connectivity index (χ3n) is 23.7. The number of ketones is 1. The second-order valence-corrected chi connectivity index (χ2v) is 30.1. The molecule has 1 unspecified atom stereocenters. The van der Waals surface area contributed by atoms with Gasteiger partial charge >= 0.3 is 23.9 Å². The van der Waals surface area contributed by atoms with Crippen LogP contribution in [0.25, 0.3) is 10.9 Å². The Kier molecular flexibility index (Phi) is 20.9. The number of aromatic amines is 1. The first kappa shape index (κ1) is 73.0. The number of primary amides is 1. The van der Waals surface area contributed by atoms with E-state index in [4.69, 9.17) is 24.7 Å². The number of imide groups is 1. The van der Waals surface area contributed by atoms with Crippen LogP contribution in [0.2, 0.25) is 0 Å². The highest BCUT2D eigenvalue weighted by Crippen LogP contribution is 2.68. The largest absolute Gasteiger partial charge is 0.496 e. The molecule has 13 atom stereocenters. The van der Waals surface area contributed by atoms with Crippen LogP contribution in [0.4, 0.5) is 16.2 Å². The summed E-state index contributed by atoms with van der Waals surface area (Å²) in [4.78, 5) is 132.